The third-order valence-corrected chi connectivity index (χ3v) is 3.54. The Hall–Kier alpha value is -1.85. The maximum atomic E-state index is 13.1. The van der Waals surface area contributed by atoms with Gasteiger partial charge in [0.25, 0.3) is 5.69 Å². The van der Waals surface area contributed by atoms with Crippen molar-refractivity contribution in [3.63, 3.8) is 0 Å². The summed E-state index contributed by atoms with van der Waals surface area (Å²) in [6.45, 7) is 1.80. The minimum Gasteiger partial charge on any atom is -0.376 e. The van der Waals surface area contributed by atoms with Crippen molar-refractivity contribution in [3.8, 4) is 0 Å². The number of nitrogens with one attached hydrogen (secondary N) is 1. The van der Waals surface area contributed by atoms with Gasteiger partial charge in [-0.1, -0.05) is 35.3 Å². The summed E-state index contributed by atoms with van der Waals surface area (Å²) in [4.78, 5) is 10.3. The van der Waals surface area contributed by atoms with Gasteiger partial charge >= 0.3 is 0 Å². The predicted octanol–water partition coefficient (Wildman–Crippen LogP) is 5.21. The molecule has 4 nitrogen and oxygen atoms in total. The fourth-order valence-corrected chi connectivity index (χ4v) is 2.46. The van der Waals surface area contributed by atoms with Gasteiger partial charge in [-0.25, -0.2) is 4.39 Å². The van der Waals surface area contributed by atoms with E-state index in [4.69, 9.17) is 23.2 Å². The molecule has 0 aliphatic carbocycles. The molecular formula is C14H11Cl2FN2O2. The molecule has 1 unspecified atom stereocenters. The van der Waals surface area contributed by atoms with Crippen molar-refractivity contribution in [1.82, 2.24) is 0 Å². The first-order chi connectivity index (χ1) is 9.88. The number of rotatable bonds is 4. The number of benzene rings is 2. The van der Waals surface area contributed by atoms with E-state index in [0.29, 0.717) is 11.3 Å². The summed E-state index contributed by atoms with van der Waals surface area (Å²) in [5.41, 5.74) is 1.08. The molecule has 1 N–H and O–H groups in total. The minimum atomic E-state index is -0.529. The summed E-state index contributed by atoms with van der Waals surface area (Å²) >= 11 is 11.9. The Labute approximate surface area is 130 Å². The Balaban J connectivity index is 2.28. The lowest BCUT2D eigenvalue weighted by atomic mass is 10.1. The van der Waals surface area contributed by atoms with Crippen LogP contribution in [0.15, 0.2) is 36.4 Å². The molecule has 2 rings (SSSR count). The highest BCUT2D eigenvalue weighted by molar-refractivity contribution is 6.39. The SMILES string of the molecule is CC(Nc1c(Cl)cc(F)cc1Cl)c1cccc([N+](=O)[O-])c1. The van der Waals surface area contributed by atoms with E-state index in [1.54, 1.807) is 19.1 Å². The van der Waals surface area contributed by atoms with Crippen LogP contribution in [0.5, 0.6) is 0 Å². The smallest absolute Gasteiger partial charge is 0.269 e. The Bertz CT molecular complexity index is 671. The molecule has 0 saturated heterocycles. The number of hydrogen-bond donors (Lipinski definition) is 1. The van der Waals surface area contributed by atoms with E-state index < -0.39 is 10.7 Å². The summed E-state index contributed by atoms with van der Waals surface area (Å²) in [6, 6.07) is 8.23. The topological polar surface area (TPSA) is 55.2 Å². The second-order valence-corrected chi connectivity index (χ2v) is 5.28. The molecule has 0 spiro atoms. The molecule has 2 aromatic carbocycles. The number of hydrogen-bond acceptors (Lipinski definition) is 3. The molecule has 7 heteroatoms. The molecular weight excluding hydrogens is 318 g/mol. The van der Waals surface area contributed by atoms with E-state index in [1.165, 1.54) is 12.1 Å². The monoisotopic (exact) mass is 328 g/mol. The summed E-state index contributed by atoms with van der Waals surface area (Å²) in [6.07, 6.45) is 0. The lowest BCUT2D eigenvalue weighted by Gasteiger charge is -2.18. The zero-order chi connectivity index (χ0) is 15.6. The zero-order valence-electron chi connectivity index (χ0n) is 10.9. The highest BCUT2D eigenvalue weighted by Crippen LogP contribution is 2.34. The highest BCUT2D eigenvalue weighted by Gasteiger charge is 2.14. The summed E-state index contributed by atoms with van der Waals surface area (Å²) < 4.78 is 13.1. The van der Waals surface area contributed by atoms with Gasteiger partial charge in [-0.15, -0.1) is 0 Å². The lowest BCUT2D eigenvalue weighted by molar-refractivity contribution is -0.384. The Morgan fingerprint density at radius 2 is 1.86 bits per heavy atom. The first-order valence-corrected chi connectivity index (χ1v) is 6.79. The van der Waals surface area contributed by atoms with Crippen LogP contribution in [0.4, 0.5) is 15.8 Å². The van der Waals surface area contributed by atoms with E-state index in [1.807, 2.05) is 0 Å². The molecule has 0 aromatic heterocycles. The summed E-state index contributed by atoms with van der Waals surface area (Å²) in [7, 11) is 0. The Kier molecular flexibility index (Phi) is 4.65. The number of nitro benzene ring substituents is 1. The van der Waals surface area contributed by atoms with Crippen molar-refractivity contribution < 1.29 is 9.31 Å². The fraction of sp³-hybridized carbons (Fsp3) is 0.143. The minimum absolute atomic E-state index is 0.00236. The molecule has 2 aromatic rings. The third kappa shape index (κ3) is 3.62. The van der Waals surface area contributed by atoms with Gasteiger partial charge in [0.05, 0.1) is 20.7 Å². The number of non-ortho nitro benzene ring substituents is 1. The van der Waals surface area contributed by atoms with Crippen LogP contribution in [0, 0.1) is 15.9 Å². The quantitative estimate of drug-likeness (QED) is 0.618. The number of nitro groups is 1. The van der Waals surface area contributed by atoms with Crippen LogP contribution in [0.3, 0.4) is 0 Å². The largest absolute Gasteiger partial charge is 0.376 e. The van der Waals surface area contributed by atoms with E-state index in [2.05, 4.69) is 5.32 Å². The van der Waals surface area contributed by atoms with E-state index in [0.717, 1.165) is 12.1 Å². The maximum Gasteiger partial charge on any atom is 0.269 e. The van der Waals surface area contributed by atoms with E-state index >= 15 is 0 Å². The second-order valence-electron chi connectivity index (χ2n) is 4.46. The van der Waals surface area contributed by atoms with Crippen molar-refractivity contribution in [2.75, 3.05) is 5.32 Å². The normalized spacial score (nSPS) is 12.0. The highest BCUT2D eigenvalue weighted by atomic mass is 35.5. The molecule has 0 bridgehead atoms. The van der Waals surface area contributed by atoms with Gasteiger partial charge in [0, 0.05) is 18.2 Å². The number of anilines is 1. The molecule has 0 amide bonds. The number of nitrogens with zero attached hydrogens (tertiary/aromatic N) is 1. The van der Waals surface area contributed by atoms with Crippen molar-refractivity contribution in [2.45, 2.75) is 13.0 Å². The molecule has 1 atom stereocenters. The van der Waals surface area contributed by atoms with Crippen molar-refractivity contribution in [3.05, 3.63) is 67.9 Å². The van der Waals surface area contributed by atoms with Gasteiger partial charge in [-0.2, -0.15) is 0 Å². The first-order valence-electron chi connectivity index (χ1n) is 6.04. The van der Waals surface area contributed by atoms with Gasteiger partial charge in [0.1, 0.15) is 5.82 Å². The summed E-state index contributed by atoms with van der Waals surface area (Å²) in [5, 5.41) is 14.1. The summed E-state index contributed by atoms with van der Waals surface area (Å²) in [5.74, 6) is -0.529. The first kappa shape index (κ1) is 15.5. The van der Waals surface area contributed by atoms with Crippen LogP contribution in [-0.2, 0) is 0 Å². The van der Waals surface area contributed by atoms with Crippen molar-refractivity contribution >= 4 is 34.6 Å². The Morgan fingerprint density at radius 3 is 2.43 bits per heavy atom. The van der Waals surface area contributed by atoms with Gasteiger partial charge in [-0.3, -0.25) is 10.1 Å². The molecule has 0 saturated carbocycles. The van der Waals surface area contributed by atoms with Crippen LogP contribution in [0.25, 0.3) is 0 Å². The molecule has 21 heavy (non-hydrogen) atoms. The predicted molar refractivity (Wildman–Crippen MR) is 81.6 cm³/mol. The maximum absolute atomic E-state index is 13.1. The van der Waals surface area contributed by atoms with Crippen LogP contribution in [0.1, 0.15) is 18.5 Å². The lowest BCUT2D eigenvalue weighted by Crippen LogP contribution is -2.08. The van der Waals surface area contributed by atoms with Crippen LogP contribution >= 0.6 is 23.2 Å². The van der Waals surface area contributed by atoms with Crippen molar-refractivity contribution in [2.24, 2.45) is 0 Å². The van der Waals surface area contributed by atoms with Crippen LogP contribution < -0.4 is 5.32 Å². The van der Waals surface area contributed by atoms with Gasteiger partial charge in [0.2, 0.25) is 0 Å². The van der Waals surface area contributed by atoms with Crippen LogP contribution in [-0.4, -0.2) is 4.92 Å². The molecule has 0 heterocycles. The fourth-order valence-electron chi connectivity index (χ4n) is 1.89. The molecule has 0 aliphatic rings. The third-order valence-electron chi connectivity index (χ3n) is 2.95. The van der Waals surface area contributed by atoms with Gasteiger partial charge in [0.15, 0.2) is 0 Å². The Morgan fingerprint density at radius 1 is 1.24 bits per heavy atom. The molecule has 0 radical (unpaired) electrons. The van der Waals surface area contributed by atoms with Crippen molar-refractivity contribution in [1.29, 1.82) is 0 Å². The average molecular weight is 329 g/mol. The standard InChI is InChI=1S/C14H11Cl2FN2O2/c1-8(9-3-2-4-11(5-9)19(20)21)18-14-12(15)6-10(17)7-13(14)16/h2-8,18H,1H3. The molecule has 0 aliphatic heterocycles. The average Bonchev–Trinajstić information content (AvgIpc) is 2.42. The van der Waals surface area contributed by atoms with Gasteiger partial charge < -0.3 is 5.32 Å². The van der Waals surface area contributed by atoms with E-state index in [-0.39, 0.29) is 21.8 Å². The van der Waals surface area contributed by atoms with E-state index in [9.17, 15) is 14.5 Å². The second kappa shape index (κ2) is 6.28. The molecule has 0 fully saturated rings. The van der Waals surface area contributed by atoms with Gasteiger partial charge in [-0.05, 0) is 24.6 Å². The number of halogens is 3. The molecule has 110 valence electrons. The van der Waals surface area contributed by atoms with Crippen LogP contribution in [0.2, 0.25) is 10.0 Å². The zero-order valence-corrected chi connectivity index (χ0v) is 12.5.